The summed E-state index contributed by atoms with van der Waals surface area (Å²) in [5.41, 5.74) is -0.339. The van der Waals surface area contributed by atoms with Crippen molar-refractivity contribution in [3.8, 4) is 0 Å². The summed E-state index contributed by atoms with van der Waals surface area (Å²) in [5.74, 6) is -1.09. The van der Waals surface area contributed by atoms with Gasteiger partial charge < -0.3 is 10.0 Å². The second kappa shape index (κ2) is 4.44. The predicted molar refractivity (Wildman–Crippen MR) is 61.0 cm³/mol. The molecule has 0 aromatic heterocycles. The van der Waals surface area contributed by atoms with E-state index in [1.165, 1.54) is 4.90 Å². The summed E-state index contributed by atoms with van der Waals surface area (Å²) in [7, 11) is 0. The van der Waals surface area contributed by atoms with Gasteiger partial charge in [0, 0.05) is 12.5 Å². The van der Waals surface area contributed by atoms with Gasteiger partial charge in [-0.2, -0.15) is 0 Å². The molecule has 0 radical (unpaired) electrons. The summed E-state index contributed by atoms with van der Waals surface area (Å²) in [6.45, 7) is 8.03. The predicted octanol–water partition coefficient (Wildman–Crippen LogP) is 1.74. The van der Waals surface area contributed by atoms with Crippen molar-refractivity contribution in [3.63, 3.8) is 0 Å². The van der Waals surface area contributed by atoms with E-state index < -0.39 is 12.0 Å². The van der Waals surface area contributed by atoms with Gasteiger partial charge in [-0.3, -0.25) is 4.79 Å². The van der Waals surface area contributed by atoms with Crippen LogP contribution in [0.2, 0.25) is 0 Å². The first-order chi connectivity index (χ1) is 7.27. The molecule has 92 valence electrons. The van der Waals surface area contributed by atoms with E-state index in [-0.39, 0.29) is 17.2 Å². The normalized spacial score (nSPS) is 24.6. The molecule has 0 spiro atoms. The summed E-state index contributed by atoms with van der Waals surface area (Å²) >= 11 is 0. The molecule has 0 unspecified atom stereocenters. The highest BCUT2D eigenvalue weighted by Crippen LogP contribution is 2.35. The minimum atomic E-state index is -0.890. The number of aliphatic carboxylic acids is 1. The molecule has 1 saturated heterocycles. The van der Waals surface area contributed by atoms with Gasteiger partial charge in [-0.15, -0.1) is 0 Å². The topological polar surface area (TPSA) is 57.6 Å². The number of likely N-dealkylation sites (tertiary alicyclic amines) is 1. The van der Waals surface area contributed by atoms with Crippen LogP contribution in [0.15, 0.2) is 0 Å². The minimum Gasteiger partial charge on any atom is -0.480 e. The molecule has 1 N–H and O–H groups in total. The van der Waals surface area contributed by atoms with Crippen LogP contribution < -0.4 is 0 Å². The lowest BCUT2D eigenvalue weighted by Gasteiger charge is -2.44. The fourth-order valence-electron chi connectivity index (χ4n) is 2.43. The number of piperidine rings is 1. The molecular weight excluding hydrogens is 206 g/mol. The molecule has 0 saturated carbocycles. The van der Waals surface area contributed by atoms with E-state index in [0.717, 1.165) is 12.8 Å². The summed E-state index contributed by atoms with van der Waals surface area (Å²) < 4.78 is 0. The van der Waals surface area contributed by atoms with E-state index in [2.05, 4.69) is 0 Å². The Balaban J connectivity index is 2.98. The van der Waals surface area contributed by atoms with Gasteiger partial charge >= 0.3 is 5.97 Å². The molecule has 4 nitrogen and oxygen atoms in total. The highest BCUT2D eigenvalue weighted by molar-refractivity contribution is 5.85. The summed E-state index contributed by atoms with van der Waals surface area (Å²) in [6.07, 6.45) is 1.74. The molecular formula is C12H21NO3. The van der Waals surface area contributed by atoms with E-state index >= 15 is 0 Å². The number of carboxylic acid groups (broad SMARTS) is 1. The lowest BCUT2D eigenvalue weighted by atomic mass is 9.76. The van der Waals surface area contributed by atoms with Gasteiger partial charge in [0.25, 0.3) is 0 Å². The second-order valence-electron chi connectivity index (χ2n) is 5.52. The first-order valence-corrected chi connectivity index (χ1v) is 5.80. The minimum absolute atomic E-state index is 0.0554. The van der Waals surface area contributed by atoms with Crippen LogP contribution in [0, 0.1) is 11.3 Å². The number of rotatable bonds is 2. The van der Waals surface area contributed by atoms with Gasteiger partial charge in [0.2, 0.25) is 5.91 Å². The van der Waals surface area contributed by atoms with Gasteiger partial charge in [-0.05, 0) is 18.3 Å². The van der Waals surface area contributed by atoms with E-state index in [0.29, 0.717) is 6.54 Å². The Labute approximate surface area is 96.6 Å². The number of hydrogen-bond acceptors (Lipinski definition) is 2. The SMILES string of the molecule is CC(C)C(=O)N1CCCC(C)(C)[C@H]1C(=O)O. The van der Waals surface area contributed by atoms with Crippen molar-refractivity contribution < 1.29 is 14.7 Å². The Hall–Kier alpha value is -1.06. The molecule has 1 atom stereocenters. The number of hydrogen-bond donors (Lipinski definition) is 1. The van der Waals surface area contributed by atoms with E-state index in [1.54, 1.807) is 0 Å². The Morgan fingerprint density at radius 1 is 1.38 bits per heavy atom. The summed E-state index contributed by atoms with van der Waals surface area (Å²) in [4.78, 5) is 24.8. The number of carbonyl (C=O) groups excluding carboxylic acids is 1. The number of carbonyl (C=O) groups is 2. The lowest BCUT2D eigenvalue weighted by Crippen LogP contribution is -2.57. The van der Waals surface area contributed by atoms with Crippen LogP contribution >= 0.6 is 0 Å². The van der Waals surface area contributed by atoms with Crippen molar-refractivity contribution in [1.29, 1.82) is 0 Å². The molecule has 0 bridgehead atoms. The van der Waals surface area contributed by atoms with Crippen molar-refractivity contribution in [3.05, 3.63) is 0 Å². The van der Waals surface area contributed by atoms with Crippen molar-refractivity contribution in [2.24, 2.45) is 11.3 Å². The lowest BCUT2D eigenvalue weighted by molar-refractivity contribution is -0.160. The first kappa shape index (κ1) is 13.0. The highest BCUT2D eigenvalue weighted by Gasteiger charge is 2.44. The fraction of sp³-hybridized carbons (Fsp3) is 0.833. The van der Waals surface area contributed by atoms with Gasteiger partial charge in [0.15, 0.2) is 0 Å². The maximum Gasteiger partial charge on any atom is 0.326 e. The molecule has 1 amide bonds. The Morgan fingerprint density at radius 2 is 1.94 bits per heavy atom. The molecule has 4 heteroatoms. The van der Waals surface area contributed by atoms with E-state index in [1.807, 2.05) is 27.7 Å². The summed E-state index contributed by atoms with van der Waals surface area (Å²) in [5, 5.41) is 9.28. The average molecular weight is 227 g/mol. The zero-order valence-electron chi connectivity index (χ0n) is 10.5. The molecule has 0 aromatic rings. The third-order valence-corrected chi connectivity index (χ3v) is 3.28. The number of carboxylic acids is 1. The van der Waals surface area contributed by atoms with Gasteiger partial charge in [0.1, 0.15) is 6.04 Å². The van der Waals surface area contributed by atoms with Crippen molar-refractivity contribution in [1.82, 2.24) is 4.90 Å². The zero-order valence-corrected chi connectivity index (χ0v) is 10.5. The van der Waals surface area contributed by atoms with Gasteiger partial charge in [-0.25, -0.2) is 4.79 Å². The Kier molecular flexibility index (Phi) is 3.61. The van der Waals surface area contributed by atoms with Crippen LogP contribution in [-0.4, -0.2) is 34.5 Å². The van der Waals surface area contributed by atoms with Crippen molar-refractivity contribution in [2.75, 3.05) is 6.54 Å². The molecule has 1 aliphatic heterocycles. The monoisotopic (exact) mass is 227 g/mol. The van der Waals surface area contributed by atoms with Gasteiger partial charge in [0.05, 0.1) is 0 Å². The zero-order chi connectivity index (χ0) is 12.5. The molecule has 0 aromatic carbocycles. The van der Waals surface area contributed by atoms with Crippen LogP contribution in [0.3, 0.4) is 0 Å². The largest absolute Gasteiger partial charge is 0.480 e. The van der Waals surface area contributed by atoms with Crippen molar-refractivity contribution in [2.45, 2.75) is 46.6 Å². The molecule has 1 heterocycles. The van der Waals surface area contributed by atoms with E-state index in [4.69, 9.17) is 0 Å². The first-order valence-electron chi connectivity index (χ1n) is 5.80. The van der Waals surface area contributed by atoms with Crippen LogP contribution in [0.25, 0.3) is 0 Å². The highest BCUT2D eigenvalue weighted by atomic mass is 16.4. The van der Waals surface area contributed by atoms with Gasteiger partial charge in [-0.1, -0.05) is 27.7 Å². The standard InChI is InChI=1S/C12H21NO3/c1-8(2)10(14)13-7-5-6-12(3,4)9(13)11(15)16/h8-9H,5-7H2,1-4H3,(H,15,16)/t9-/m1/s1. The Morgan fingerprint density at radius 3 is 2.38 bits per heavy atom. The van der Waals surface area contributed by atoms with Crippen LogP contribution in [0.1, 0.15) is 40.5 Å². The third-order valence-electron chi connectivity index (χ3n) is 3.28. The van der Waals surface area contributed by atoms with E-state index in [9.17, 15) is 14.7 Å². The number of amides is 1. The Bertz CT molecular complexity index is 297. The number of nitrogens with zero attached hydrogens (tertiary/aromatic N) is 1. The van der Waals surface area contributed by atoms with Crippen molar-refractivity contribution >= 4 is 11.9 Å². The molecule has 1 aliphatic rings. The summed E-state index contributed by atoms with van der Waals surface area (Å²) in [6, 6.07) is -0.684. The second-order valence-corrected chi connectivity index (χ2v) is 5.52. The van der Waals surface area contributed by atoms with Crippen LogP contribution in [0.4, 0.5) is 0 Å². The fourth-order valence-corrected chi connectivity index (χ4v) is 2.43. The maximum absolute atomic E-state index is 12.0. The average Bonchev–Trinajstić information content (AvgIpc) is 2.13. The van der Waals surface area contributed by atoms with Crippen LogP contribution in [-0.2, 0) is 9.59 Å². The molecule has 0 aliphatic carbocycles. The molecule has 1 rings (SSSR count). The maximum atomic E-state index is 12.0. The molecule has 16 heavy (non-hydrogen) atoms. The third kappa shape index (κ3) is 2.36. The van der Waals surface area contributed by atoms with Crippen LogP contribution in [0.5, 0.6) is 0 Å². The molecule has 1 fully saturated rings. The quantitative estimate of drug-likeness (QED) is 0.781. The smallest absolute Gasteiger partial charge is 0.326 e.